The van der Waals surface area contributed by atoms with Crippen molar-refractivity contribution < 1.29 is 19.1 Å². The maximum atomic E-state index is 12.4. The van der Waals surface area contributed by atoms with E-state index in [1.165, 1.54) is 0 Å². The zero-order valence-electron chi connectivity index (χ0n) is 15.4. The first-order valence-corrected chi connectivity index (χ1v) is 9.46. The summed E-state index contributed by atoms with van der Waals surface area (Å²) in [5.41, 5.74) is 0.758. The Kier molecular flexibility index (Phi) is 6.50. The molecule has 3 rings (SSSR count). The molecule has 2 fully saturated rings. The first-order chi connectivity index (χ1) is 12.7. The van der Waals surface area contributed by atoms with Gasteiger partial charge in [-0.2, -0.15) is 0 Å². The van der Waals surface area contributed by atoms with Gasteiger partial charge in [0.25, 0.3) is 0 Å². The minimum atomic E-state index is 0.0277. The quantitative estimate of drug-likeness (QED) is 0.847. The zero-order valence-corrected chi connectivity index (χ0v) is 15.4. The number of nitrogens with zero attached hydrogens (tertiary/aromatic N) is 1. The number of amides is 2. The minimum absolute atomic E-state index is 0.0277. The molecule has 1 aromatic carbocycles. The van der Waals surface area contributed by atoms with E-state index in [2.05, 4.69) is 5.32 Å². The molecule has 6 heteroatoms. The van der Waals surface area contributed by atoms with Crippen molar-refractivity contribution in [3.8, 4) is 5.75 Å². The molecule has 0 saturated carbocycles. The van der Waals surface area contributed by atoms with Crippen LogP contribution in [0.5, 0.6) is 5.75 Å². The molecule has 2 aliphatic heterocycles. The predicted octanol–water partition coefficient (Wildman–Crippen LogP) is 2.69. The fourth-order valence-electron chi connectivity index (χ4n) is 3.69. The number of nitrogens with one attached hydrogen (secondary N) is 1. The molecule has 0 radical (unpaired) electrons. The SMILES string of the molecule is COc1cccc(NC(=O)CCC2CCN(C(=O)[C@H]3CCOC3)CC2)c1. The summed E-state index contributed by atoms with van der Waals surface area (Å²) < 4.78 is 10.5. The number of carbonyl (C=O) groups excluding carboxylic acids is 2. The highest BCUT2D eigenvalue weighted by atomic mass is 16.5. The molecule has 0 aliphatic carbocycles. The lowest BCUT2D eigenvalue weighted by Crippen LogP contribution is -2.42. The number of ether oxygens (including phenoxy) is 2. The molecule has 1 N–H and O–H groups in total. The highest BCUT2D eigenvalue weighted by molar-refractivity contribution is 5.90. The highest BCUT2D eigenvalue weighted by Crippen LogP contribution is 2.25. The zero-order chi connectivity index (χ0) is 18.4. The number of carbonyl (C=O) groups is 2. The van der Waals surface area contributed by atoms with Crippen molar-refractivity contribution in [2.75, 3.05) is 38.7 Å². The number of benzene rings is 1. The molecule has 6 nitrogen and oxygen atoms in total. The Morgan fingerprint density at radius 2 is 2.08 bits per heavy atom. The first kappa shape index (κ1) is 18.7. The molecule has 2 aliphatic rings. The third-order valence-corrected chi connectivity index (χ3v) is 5.34. The van der Waals surface area contributed by atoms with Gasteiger partial charge in [-0.1, -0.05) is 6.07 Å². The summed E-state index contributed by atoms with van der Waals surface area (Å²) in [7, 11) is 1.61. The van der Waals surface area contributed by atoms with Gasteiger partial charge in [0.05, 0.1) is 19.6 Å². The Labute approximate surface area is 154 Å². The van der Waals surface area contributed by atoms with E-state index in [0.717, 1.165) is 50.2 Å². The molecule has 2 saturated heterocycles. The summed E-state index contributed by atoms with van der Waals surface area (Å²) in [5, 5.41) is 2.92. The van der Waals surface area contributed by atoms with Crippen molar-refractivity contribution in [2.24, 2.45) is 11.8 Å². The topological polar surface area (TPSA) is 67.9 Å². The molecule has 1 aromatic rings. The summed E-state index contributed by atoms with van der Waals surface area (Å²) in [5.74, 6) is 1.57. The molecular weight excluding hydrogens is 332 g/mol. The van der Waals surface area contributed by atoms with Crippen molar-refractivity contribution in [1.29, 1.82) is 0 Å². The molecule has 0 bridgehead atoms. The van der Waals surface area contributed by atoms with Crippen LogP contribution in [0.1, 0.15) is 32.1 Å². The van der Waals surface area contributed by atoms with Crippen LogP contribution in [0, 0.1) is 11.8 Å². The van der Waals surface area contributed by atoms with Crippen molar-refractivity contribution in [2.45, 2.75) is 32.1 Å². The summed E-state index contributed by atoms with van der Waals surface area (Å²) >= 11 is 0. The van der Waals surface area contributed by atoms with E-state index in [1.807, 2.05) is 29.2 Å². The van der Waals surface area contributed by atoms with Gasteiger partial charge in [-0.05, 0) is 43.7 Å². The second-order valence-electron chi connectivity index (χ2n) is 7.15. The second-order valence-corrected chi connectivity index (χ2v) is 7.15. The minimum Gasteiger partial charge on any atom is -0.497 e. The van der Waals surface area contributed by atoms with E-state index < -0.39 is 0 Å². The number of anilines is 1. The molecule has 0 spiro atoms. The third kappa shape index (κ3) is 4.97. The van der Waals surface area contributed by atoms with E-state index >= 15 is 0 Å². The van der Waals surface area contributed by atoms with Gasteiger partial charge in [0.1, 0.15) is 5.75 Å². The van der Waals surface area contributed by atoms with Crippen LogP contribution >= 0.6 is 0 Å². The third-order valence-electron chi connectivity index (χ3n) is 5.34. The molecular formula is C20H28N2O4. The Hall–Kier alpha value is -2.08. The first-order valence-electron chi connectivity index (χ1n) is 9.46. The van der Waals surface area contributed by atoms with Gasteiger partial charge in [-0.25, -0.2) is 0 Å². The Bertz CT molecular complexity index is 620. The van der Waals surface area contributed by atoms with Crippen LogP contribution in [0.3, 0.4) is 0 Å². The molecule has 0 aromatic heterocycles. The number of rotatable bonds is 6. The van der Waals surface area contributed by atoms with Gasteiger partial charge in [-0.15, -0.1) is 0 Å². The van der Waals surface area contributed by atoms with Gasteiger partial charge < -0.3 is 19.7 Å². The fourth-order valence-corrected chi connectivity index (χ4v) is 3.69. The molecule has 26 heavy (non-hydrogen) atoms. The molecule has 142 valence electrons. The Morgan fingerprint density at radius 1 is 1.27 bits per heavy atom. The maximum absolute atomic E-state index is 12.4. The second kappa shape index (κ2) is 9.03. The van der Waals surface area contributed by atoms with Crippen LogP contribution in [0.2, 0.25) is 0 Å². The lowest BCUT2D eigenvalue weighted by Gasteiger charge is -2.33. The van der Waals surface area contributed by atoms with E-state index in [4.69, 9.17) is 9.47 Å². The number of methoxy groups -OCH3 is 1. The number of hydrogen-bond donors (Lipinski definition) is 1. The van der Waals surface area contributed by atoms with Crippen LogP contribution in [-0.2, 0) is 14.3 Å². The lowest BCUT2D eigenvalue weighted by atomic mass is 9.91. The maximum Gasteiger partial charge on any atom is 0.228 e. The predicted molar refractivity (Wildman–Crippen MR) is 99.1 cm³/mol. The molecule has 0 unspecified atom stereocenters. The normalized spacial score (nSPS) is 20.8. The van der Waals surface area contributed by atoms with E-state index in [-0.39, 0.29) is 17.7 Å². The Balaban J connectivity index is 1.37. The van der Waals surface area contributed by atoms with Crippen molar-refractivity contribution in [3.05, 3.63) is 24.3 Å². The number of likely N-dealkylation sites (tertiary alicyclic amines) is 1. The summed E-state index contributed by atoms with van der Waals surface area (Å²) in [6.07, 6.45) is 4.18. The van der Waals surface area contributed by atoms with Gasteiger partial charge in [0, 0.05) is 37.9 Å². The molecule has 2 heterocycles. The average Bonchev–Trinajstić information content (AvgIpc) is 3.21. The fraction of sp³-hybridized carbons (Fsp3) is 0.600. The van der Waals surface area contributed by atoms with Crippen LogP contribution in [-0.4, -0.2) is 50.1 Å². The van der Waals surface area contributed by atoms with Gasteiger partial charge in [-0.3, -0.25) is 9.59 Å². The van der Waals surface area contributed by atoms with E-state index in [1.54, 1.807) is 7.11 Å². The highest BCUT2D eigenvalue weighted by Gasteiger charge is 2.30. The standard InChI is InChI=1S/C20H28N2O4/c1-25-18-4-2-3-17(13-18)21-19(23)6-5-15-7-10-22(11-8-15)20(24)16-9-12-26-14-16/h2-4,13,15-16H,5-12,14H2,1H3,(H,21,23)/t16-/m0/s1. The summed E-state index contributed by atoms with van der Waals surface area (Å²) in [6, 6.07) is 7.38. The van der Waals surface area contributed by atoms with Crippen LogP contribution in [0.15, 0.2) is 24.3 Å². The van der Waals surface area contributed by atoms with Gasteiger partial charge in [0.2, 0.25) is 11.8 Å². The van der Waals surface area contributed by atoms with Crippen LogP contribution < -0.4 is 10.1 Å². The summed E-state index contributed by atoms with van der Waals surface area (Å²) in [4.78, 5) is 26.5. The molecule has 1 atom stereocenters. The average molecular weight is 360 g/mol. The smallest absolute Gasteiger partial charge is 0.228 e. The van der Waals surface area contributed by atoms with Crippen molar-refractivity contribution in [3.63, 3.8) is 0 Å². The summed E-state index contributed by atoms with van der Waals surface area (Å²) in [6.45, 7) is 2.88. The molecule has 2 amide bonds. The number of piperidine rings is 1. The van der Waals surface area contributed by atoms with E-state index in [9.17, 15) is 9.59 Å². The number of hydrogen-bond acceptors (Lipinski definition) is 4. The monoisotopic (exact) mass is 360 g/mol. The van der Waals surface area contributed by atoms with Gasteiger partial charge in [0.15, 0.2) is 0 Å². The van der Waals surface area contributed by atoms with Crippen LogP contribution in [0.4, 0.5) is 5.69 Å². The Morgan fingerprint density at radius 3 is 2.77 bits per heavy atom. The van der Waals surface area contributed by atoms with E-state index in [0.29, 0.717) is 25.6 Å². The van der Waals surface area contributed by atoms with Crippen molar-refractivity contribution in [1.82, 2.24) is 4.90 Å². The largest absolute Gasteiger partial charge is 0.497 e. The lowest BCUT2D eigenvalue weighted by molar-refractivity contribution is -0.137. The van der Waals surface area contributed by atoms with Crippen LogP contribution in [0.25, 0.3) is 0 Å². The van der Waals surface area contributed by atoms with Gasteiger partial charge >= 0.3 is 0 Å². The van der Waals surface area contributed by atoms with Crippen molar-refractivity contribution >= 4 is 17.5 Å².